The van der Waals surface area contributed by atoms with E-state index >= 15 is 0 Å². The SMILES string of the molecule is Cc1ccc(S(=O)(=O)c2nc(NN3CCCC(c4ncc(C(F)(F)F)[nH]4)C3)c3cc[nH]c3n2)cc1. The van der Waals surface area contributed by atoms with Crippen molar-refractivity contribution in [3.8, 4) is 0 Å². The molecular weight excluding hydrogens is 483 g/mol. The molecule has 0 aliphatic carbocycles. The van der Waals surface area contributed by atoms with Gasteiger partial charge in [-0.1, -0.05) is 17.7 Å². The van der Waals surface area contributed by atoms with Gasteiger partial charge in [0.15, 0.2) is 5.82 Å². The first-order valence-corrected chi connectivity index (χ1v) is 12.4. The Hall–Kier alpha value is -3.45. The fraction of sp³-hybridized carbons (Fsp3) is 0.318. The number of aromatic amines is 2. The number of aryl methyl sites for hydroxylation is 1. The number of aromatic nitrogens is 5. The number of anilines is 1. The molecule has 0 spiro atoms. The zero-order chi connectivity index (χ0) is 24.8. The fourth-order valence-corrected chi connectivity index (χ4v) is 5.22. The summed E-state index contributed by atoms with van der Waals surface area (Å²) < 4.78 is 65.3. The standard InChI is InChI=1S/C22H22F3N7O2S/c1-13-4-6-15(7-5-13)35(33,34)21-29-19-16(8-9-26-19)20(30-21)31-32-10-2-3-14(12-32)18-27-11-17(28-18)22(23,24)25/h4-9,11,14H,2-3,10,12H2,1H3,(H,27,28)(H2,26,29,30,31). The van der Waals surface area contributed by atoms with Crippen molar-refractivity contribution in [2.24, 2.45) is 0 Å². The van der Waals surface area contributed by atoms with Gasteiger partial charge < -0.3 is 15.4 Å². The van der Waals surface area contributed by atoms with Gasteiger partial charge in [-0.05, 0) is 38.0 Å². The summed E-state index contributed by atoms with van der Waals surface area (Å²) in [5, 5.41) is 2.04. The van der Waals surface area contributed by atoms with Gasteiger partial charge in [0.2, 0.25) is 9.84 Å². The first-order valence-electron chi connectivity index (χ1n) is 10.9. The van der Waals surface area contributed by atoms with E-state index in [1.54, 1.807) is 29.4 Å². The highest BCUT2D eigenvalue weighted by atomic mass is 32.2. The van der Waals surface area contributed by atoms with Crippen molar-refractivity contribution in [2.45, 2.75) is 41.9 Å². The Kier molecular flexibility index (Phi) is 5.75. The van der Waals surface area contributed by atoms with E-state index in [0.29, 0.717) is 37.0 Å². The van der Waals surface area contributed by atoms with Gasteiger partial charge >= 0.3 is 6.18 Å². The third-order valence-corrected chi connectivity index (χ3v) is 7.50. The van der Waals surface area contributed by atoms with Crippen molar-refractivity contribution in [3.05, 3.63) is 59.8 Å². The topological polar surface area (TPSA) is 120 Å². The van der Waals surface area contributed by atoms with Crippen molar-refractivity contribution < 1.29 is 21.6 Å². The maximum absolute atomic E-state index is 13.2. The maximum Gasteiger partial charge on any atom is 0.432 e. The molecule has 0 radical (unpaired) electrons. The fourth-order valence-electron chi connectivity index (χ4n) is 4.09. The van der Waals surface area contributed by atoms with Crippen LogP contribution < -0.4 is 5.43 Å². The third-order valence-electron chi connectivity index (χ3n) is 5.94. The highest BCUT2D eigenvalue weighted by molar-refractivity contribution is 7.91. The number of halogens is 3. The molecule has 1 aliphatic rings. The maximum atomic E-state index is 13.2. The number of H-pyrrole nitrogens is 2. The zero-order valence-corrected chi connectivity index (χ0v) is 19.4. The Labute approximate surface area is 198 Å². The molecule has 35 heavy (non-hydrogen) atoms. The summed E-state index contributed by atoms with van der Waals surface area (Å²) in [5.74, 6) is 0.297. The predicted molar refractivity (Wildman–Crippen MR) is 121 cm³/mol. The second kappa shape index (κ2) is 8.64. The number of hydrogen-bond acceptors (Lipinski definition) is 7. The van der Waals surface area contributed by atoms with Gasteiger partial charge in [-0.15, -0.1) is 0 Å². The lowest BCUT2D eigenvalue weighted by molar-refractivity contribution is -0.141. The smallest absolute Gasteiger partial charge is 0.346 e. The number of nitrogens with one attached hydrogen (secondary N) is 3. The van der Waals surface area contributed by atoms with Gasteiger partial charge in [0.1, 0.15) is 17.2 Å². The molecule has 184 valence electrons. The van der Waals surface area contributed by atoms with Crippen LogP contribution in [0.3, 0.4) is 0 Å². The molecule has 9 nitrogen and oxygen atoms in total. The van der Waals surface area contributed by atoms with E-state index in [9.17, 15) is 21.6 Å². The molecule has 3 N–H and O–H groups in total. The number of imidazole rings is 1. The van der Waals surface area contributed by atoms with E-state index < -0.39 is 21.7 Å². The quantitative estimate of drug-likeness (QED) is 0.350. The average molecular weight is 506 g/mol. The van der Waals surface area contributed by atoms with Crippen LogP contribution >= 0.6 is 0 Å². The number of hydrazine groups is 1. The van der Waals surface area contributed by atoms with Crippen molar-refractivity contribution in [3.63, 3.8) is 0 Å². The monoisotopic (exact) mass is 505 g/mol. The van der Waals surface area contributed by atoms with Gasteiger partial charge in [0, 0.05) is 25.2 Å². The van der Waals surface area contributed by atoms with E-state index in [4.69, 9.17) is 0 Å². The number of benzene rings is 1. The lowest BCUT2D eigenvalue weighted by atomic mass is 9.98. The number of nitrogens with zero attached hydrogens (tertiary/aromatic N) is 4. The van der Waals surface area contributed by atoms with E-state index in [-0.39, 0.29) is 27.6 Å². The molecule has 1 atom stereocenters. The van der Waals surface area contributed by atoms with Crippen LogP contribution in [0, 0.1) is 6.92 Å². The molecule has 0 bridgehead atoms. The molecule has 1 aliphatic heterocycles. The summed E-state index contributed by atoms with van der Waals surface area (Å²) in [4.78, 5) is 17.9. The Morgan fingerprint density at radius 3 is 2.63 bits per heavy atom. The van der Waals surface area contributed by atoms with E-state index in [0.717, 1.165) is 11.8 Å². The van der Waals surface area contributed by atoms with Crippen molar-refractivity contribution in [2.75, 3.05) is 18.5 Å². The van der Waals surface area contributed by atoms with Gasteiger partial charge in [-0.2, -0.15) is 23.1 Å². The Morgan fingerprint density at radius 2 is 1.91 bits per heavy atom. The summed E-state index contributed by atoms with van der Waals surface area (Å²) in [7, 11) is -3.98. The highest BCUT2D eigenvalue weighted by Gasteiger charge is 2.34. The van der Waals surface area contributed by atoms with Crippen LogP contribution in [0.2, 0.25) is 0 Å². The zero-order valence-electron chi connectivity index (χ0n) is 18.6. The van der Waals surface area contributed by atoms with Crippen LogP contribution in [-0.4, -0.2) is 51.4 Å². The Bertz CT molecular complexity index is 1460. The van der Waals surface area contributed by atoms with E-state index in [1.165, 1.54) is 12.1 Å². The minimum absolute atomic E-state index is 0.0799. The molecule has 3 aromatic heterocycles. The lowest BCUT2D eigenvalue weighted by Crippen LogP contribution is -2.39. The number of rotatable bonds is 5. The molecule has 1 aromatic carbocycles. The van der Waals surface area contributed by atoms with Crippen LogP contribution in [0.5, 0.6) is 0 Å². The van der Waals surface area contributed by atoms with E-state index in [1.807, 2.05) is 6.92 Å². The number of alkyl halides is 3. The second-order valence-electron chi connectivity index (χ2n) is 8.49. The molecule has 1 unspecified atom stereocenters. The van der Waals surface area contributed by atoms with Gasteiger partial charge in [0.25, 0.3) is 5.16 Å². The van der Waals surface area contributed by atoms with E-state index in [2.05, 4.69) is 30.3 Å². The predicted octanol–water partition coefficient (Wildman–Crippen LogP) is 4.05. The third kappa shape index (κ3) is 4.60. The van der Waals surface area contributed by atoms with Crippen molar-refractivity contribution >= 4 is 26.7 Å². The Morgan fingerprint density at radius 1 is 1.14 bits per heavy atom. The number of fused-ring (bicyclic) bond motifs is 1. The Balaban J connectivity index is 1.42. The van der Waals surface area contributed by atoms with Crippen LogP contribution in [-0.2, 0) is 16.0 Å². The first-order chi connectivity index (χ1) is 16.6. The summed E-state index contributed by atoms with van der Waals surface area (Å²) >= 11 is 0. The van der Waals surface area contributed by atoms with Crippen LogP contribution in [0.15, 0.2) is 52.8 Å². The molecule has 1 saturated heterocycles. The lowest BCUT2D eigenvalue weighted by Gasteiger charge is -2.32. The molecule has 4 aromatic rings. The summed E-state index contributed by atoms with van der Waals surface area (Å²) in [6, 6.07) is 8.14. The number of piperidine rings is 1. The molecule has 0 amide bonds. The second-order valence-corrected chi connectivity index (χ2v) is 10.3. The summed E-state index contributed by atoms with van der Waals surface area (Å²) in [6.45, 7) is 2.82. The molecule has 1 fully saturated rings. The molecule has 13 heteroatoms. The molecule has 5 rings (SSSR count). The first kappa shape index (κ1) is 23.3. The minimum atomic E-state index is -4.49. The largest absolute Gasteiger partial charge is 0.432 e. The minimum Gasteiger partial charge on any atom is -0.346 e. The van der Waals surface area contributed by atoms with Crippen LogP contribution in [0.25, 0.3) is 11.0 Å². The van der Waals surface area contributed by atoms with Crippen LogP contribution in [0.4, 0.5) is 19.0 Å². The summed E-state index contributed by atoms with van der Waals surface area (Å²) in [6.07, 6.45) is -0.683. The summed E-state index contributed by atoms with van der Waals surface area (Å²) in [5.41, 5.74) is 3.54. The highest BCUT2D eigenvalue weighted by Crippen LogP contribution is 2.32. The van der Waals surface area contributed by atoms with Gasteiger partial charge in [0.05, 0.1) is 16.5 Å². The van der Waals surface area contributed by atoms with Crippen molar-refractivity contribution in [1.29, 1.82) is 0 Å². The molecule has 0 saturated carbocycles. The number of hydrogen-bond donors (Lipinski definition) is 3. The average Bonchev–Trinajstić information content (AvgIpc) is 3.50. The van der Waals surface area contributed by atoms with Crippen molar-refractivity contribution in [1.82, 2.24) is 29.9 Å². The van der Waals surface area contributed by atoms with Gasteiger partial charge in [-0.3, -0.25) is 0 Å². The molecule has 4 heterocycles. The van der Waals surface area contributed by atoms with Gasteiger partial charge in [-0.25, -0.2) is 18.4 Å². The molecular formula is C22H22F3N7O2S. The normalized spacial score (nSPS) is 17.7. The number of sulfone groups is 1. The van der Waals surface area contributed by atoms with Crippen LogP contribution in [0.1, 0.15) is 35.8 Å².